The Balaban J connectivity index is 2.44. The van der Waals surface area contributed by atoms with Crippen LogP contribution in [0.15, 0.2) is 0 Å². The minimum atomic E-state index is 0.0330. The van der Waals surface area contributed by atoms with Crippen molar-refractivity contribution in [3.63, 3.8) is 0 Å². The van der Waals surface area contributed by atoms with Crippen LogP contribution in [-0.2, 0) is 4.79 Å². The molecule has 0 bridgehead atoms. The zero-order chi connectivity index (χ0) is 10.7. The first-order valence-electron chi connectivity index (χ1n) is 5.59. The normalized spacial score (nSPS) is 29.3. The van der Waals surface area contributed by atoms with Crippen molar-refractivity contribution in [3.8, 4) is 0 Å². The number of carbonyl (C=O) groups is 1. The predicted molar refractivity (Wildman–Crippen MR) is 57.8 cm³/mol. The molecule has 1 fully saturated rings. The van der Waals surface area contributed by atoms with Gasteiger partial charge in [-0.1, -0.05) is 13.8 Å². The SMILES string of the molecule is CCC(N)CC(=O)N1CC(C)CC1C. The molecule has 3 atom stereocenters. The Kier molecular flexibility index (Phi) is 3.93. The fourth-order valence-electron chi connectivity index (χ4n) is 2.13. The summed E-state index contributed by atoms with van der Waals surface area (Å²) < 4.78 is 0. The van der Waals surface area contributed by atoms with Crippen molar-refractivity contribution in [1.29, 1.82) is 0 Å². The summed E-state index contributed by atoms with van der Waals surface area (Å²) in [6, 6.07) is 0.437. The van der Waals surface area contributed by atoms with Crippen LogP contribution >= 0.6 is 0 Å². The Morgan fingerprint density at radius 3 is 2.64 bits per heavy atom. The van der Waals surface area contributed by atoms with Crippen LogP contribution in [0.5, 0.6) is 0 Å². The smallest absolute Gasteiger partial charge is 0.224 e. The summed E-state index contributed by atoms with van der Waals surface area (Å²) in [6.45, 7) is 7.26. The van der Waals surface area contributed by atoms with E-state index in [0.29, 0.717) is 18.4 Å². The second-order valence-electron chi connectivity index (χ2n) is 4.61. The van der Waals surface area contributed by atoms with E-state index in [9.17, 15) is 4.79 Å². The van der Waals surface area contributed by atoms with E-state index in [4.69, 9.17) is 5.73 Å². The van der Waals surface area contributed by atoms with Gasteiger partial charge in [-0.3, -0.25) is 4.79 Å². The average Bonchev–Trinajstić information content (AvgIpc) is 2.45. The first-order valence-corrected chi connectivity index (χ1v) is 5.59. The molecule has 0 aliphatic carbocycles. The number of hydrogen-bond acceptors (Lipinski definition) is 2. The number of amides is 1. The van der Waals surface area contributed by atoms with Gasteiger partial charge in [0.2, 0.25) is 5.91 Å². The summed E-state index contributed by atoms with van der Waals surface area (Å²) in [5, 5.41) is 0. The third-order valence-electron chi connectivity index (χ3n) is 3.07. The van der Waals surface area contributed by atoms with Crippen molar-refractivity contribution in [2.24, 2.45) is 11.7 Å². The molecule has 82 valence electrons. The molecule has 0 spiro atoms. The molecule has 2 N–H and O–H groups in total. The number of carbonyl (C=O) groups excluding carboxylic acids is 1. The third-order valence-corrected chi connectivity index (χ3v) is 3.07. The van der Waals surface area contributed by atoms with Crippen LogP contribution < -0.4 is 5.73 Å². The van der Waals surface area contributed by atoms with Crippen molar-refractivity contribution >= 4 is 5.91 Å². The number of likely N-dealkylation sites (tertiary alicyclic amines) is 1. The summed E-state index contributed by atoms with van der Waals surface area (Å²) in [6.07, 6.45) is 2.52. The topological polar surface area (TPSA) is 46.3 Å². The van der Waals surface area contributed by atoms with Gasteiger partial charge >= 0.3 is 0 Å². The Hall–Kier alpha value is -0.570. The van der Waals surface area contributed by atoms with Gasteiger partial charge in [0.1, 0.15) is 0 Å². The van der Waals surface area contributed by atoms with Gasteiger partial charge in [-0.25, -0.2) is 0 Å². The first-order chi connectivity index (χ1) is 6.54. The van der Waals surface area contributed by atoms with Gasteiger partial charge in [-0.2, -0.15) is 0 Å². The van der Waals surface area contributed by atoms with E-state index in [0.717, 1.165) is 19.4 Å². The van der Waals surface area contributed by atoms with E-state index in [1.54, 1.807) is 0 Å². The van der Waals surface area contributed by atoms with Crippen LogP contribution in [0.1, 0.15) is 40.0 Å². The highest BCUT2D eigenvalue weighted by atomic mass is 16.2. The molecule has 1 amide bonds. The second-order valence-corrected chi connectivity index (χ2v) is 4.61. The zero-order valence-electron chi connectivity index (χ0n) is 9.49. The van der Waals surface area contributed by atoms with E-state index in [2.05, 4.69) is 13.8 Å². The summed E-state index contributed by atoms with van der Waals surface area (Å²) in [5.74, 6) is 0.878. The summed E-state index contributed by atoms with van der Waals surface area (Å²) in [4.78, 5) is 13.8. The van der Waals surface area contributed by atoms with Crippen molar-refractivity contribution in [2.75, 3.05) is 6.54 Å². The zero-order valence-corrected chi connectivity index (χ0v) is 9.49. The Morgan fingerprint density at radius 2 is 2.21 bits per heavy atom. The highest BCUT2D eigenvalue weighted by molar-refractivity contribution is 5.77. The van der Waals surface area contributed by atoms with Crippen LogP contribution in [-0.4, -0.2) is 29.4 Å². The number of rotatable bonds is 3. The third kappa shape index (κ3) is 2.71. The Morgan fingerprint density at radius 1 is 1.57 bits per heavy atom. The van der Waals surface area contributed by atoms with Crippen LogP contribution in [0.3, 0.4) is 0 Å². The van der Waals surface area contributed by atoms with E-state index in [-0.39, 0.29) is 11.9 Å². The monoisotopic (exact) mass is 198 g/mol. The molecule has 1 aliphatic heterocycles. The summed E-state index contributed by atoms with van der Waals surface area (Å²) >= 11 is 0. The van der Waals surface area contributed by atoms with E-state index >= 15 is 0 Å². The van der Waals surface area contributed by atoms with Crippen molar-refractivity contribution < 1.29 is 4.79 Å². The molecular formula is C11H22N2O. The van der Waals surface area contributed by atoms with Crippen LogP contribution in [0, 0.1) is 5.92 Å². The molecular weight excluding hydrogens is 176 g/mol. The van der Waals surface area contributed by atoms with Gasteiger partial charge in [-0.05, 0) is 25.7 Å². The van der Waals surface area contributed by atoms with Gasteiger partial charge in [0.25, 0.3) is 0 Å². The Labute approximate surface area is 86.6 Å². The van der Waals surface area contributed by atoms with Gasteiger partial charge in [0, 0.05) is 25.0 Å². The molecule has 1 heterocycles. The highest BCUT2D eigenvalue weighted by Crippen LogP contribution is 2.23. The summed E-state index contributed by atoms with van der Waals surface area (Å²) in [5.41, 5.74) is 5.77. The maximum absolute atomic E-state index is 11.8. The minimum Gasteiger partial charge on any atom is -0.340 e. The lowest BCUT2D eigenvalue weighted by Gasteiger charge is -2.22. The minimum absolute atomic E-state index is 0.0330. The fraction of sp³-hybridized carbons (Fsp3) is 0.909. The molecule has 1 aliphatic rings. The number of hydrogen-bond donors (Lipinski definition) is 1. The van der Waals surface area contributed by atoms with Crippen LogP contribution in [0.25, 0.3) is 0 Å². The van der Waals surface area contributed by atoms with Gasteiger partial charge < -0.3 is 10.6 Å². The molecule has 1 rings (SSSR count). The predicted octanol–water partition coefficient (Wildman–Crippen LogP) is 1.37. The highest BCUT2D eigenvalue weighted by Gasteiger charge is 2.29. The molecule has 0 aromatic rings. The molecule has 0 radical (unpaired) electrons. The quantitative estimate of drug-likeness (QED) is 0.744. The molecule has 0 aromatic heterocycles. The van der Waals surface area contributed by atoms with Crippen molar-refractivity contribution in [1.82, 2.24) is 4.90 Å². The van der Waals surface area contributed by atoms with Crippen LogP contribution in [0.2, 0.25) is 0 Å². The number of nitrogens with zero attached hydrogens (tertiary/aromatic N) is 1. The van der Waals surface area contributed by atoms with E-state index in [1.165, 1.54) is 0 Å². The molecule has 3 heteroatoms. The lowest BCUT2D eigenvalue weighted by Crippen LogP contribution is -2.37. The van der Waals surface area contributed by atoms with Gasteiger partial charge in [0.15, 0.2) is 0 Å². The van der Waals surface area contributed by atoms with Crippen LogP contribution in [0.4, 0.5) is 0 Å². The number of nitrogens with two attached hydrogens (primary N) is 1. The standard InChI is InChI=1S/C11H22N2O/c1-4-10(12)6-11(14)13-7-8(2)5-9(13)3/h8-10H,4-7,12H2,1-3H3. The molecule has 14 heavy (non-hydrogen) atoms. The maximum atomic E-state index is 11.8. The van der Waals surface area contributed by atoms with Gasteiger partial charge in [-0.15, -0.1) is 0 Å². The molecule has 0 aromatic carbocycles. The summed E-state index contributed by atoms with van der Waals surface area (Å²) in [7, 11) is 0. The average molecular weight is 198 g/mol. The van der Waals surface area contributed by atoms with Crippen molar-refractivity contribution in [3.05, 3.63) is 0 Å². The largest absolute Gasteiger partial charge is 0.340 e. The van der Waals surface area contributed by atoms with E-state index < -0.39 is 0 Å². The molecule has 3 unspecified atom stereocenters. The molecule has 0 saturated carbocycles. The molecule has 3 nitrogen and oxygen atoms in total. The van der Waals surface area contributed by atoms with Crippen molar-refractivity contribution in [2.45, 2.75) is 52.1 Å². The van der Waals surface area contributed by atoms with Gasteiger partial charge in [0.05, 0.1) is 0 Å². The first kappa shape index (κ1) is 11.5. The molecule has 1 saturated heterocycles. The lowest BCUT2D eigenvalue weighted by molar-refractivity contribution is -0.132. The fourth-order valence-corrected chi connectivity index (χ4v) is 2.13. The Bertz CT molecular complexity index is 205. The second kappa shape index (κ2) is 4.78. The lowest BCUT2D eigenvalue weighted by atomic mass is 10.1. The maximum Gasteiger partial charge on any atom is 0.224 e. The van der Waals surface area contributed by atoms with E-state index in [1.807, 2.05) is 11.8 Å².